The lowest BCUT2D eigenvalue weighted by Crippen LogP contribution is -2.47. The molecule has 1 atom stereocenters. The van der Waals surface area contributed by atoms with E-state index in [1.54, 1.807) is 0 Å². The summed E-state index contributed by atoms with van der Waals surface area (Å²) in [5, 5.41) is 0. The van der Waals surface area contributed by atoms with Crippen LogP contribution in [0.25, 0.3) is 0 Å². The molecule has 78 valence electrons. The van der Waals surface area contributed by atoms with E-state index in [0.29, 0.717) is 12.8 Å². The van der Waals surface area contributed by atoms with Gasteiger partial charge in [-0.3, -0.25) is 0 Å². The molecule has 1 saturated heterocycles. The Kier molecular flexibility index (Phi) is 3.20. The van der Waals surface area contributed by atoms with E-state index in [-0.39, 0.29) is 19.1 Å². The number of alkyl halides is 2. The summed E-state index contributed by atoms with van der Waals surface area (Å²) >= 11 is 0. The number of nitrogens with zero attached hydrogens (tertiary/aromatic N) is 1. The summed E-state index contributed by atoms with van der Waals surface area (Å²) in [5.41, 5.74) is 5.47. The third-order valence-electron chi connectivity index (χ3n) is 2.01. The van der Waals surface area contributed by atoms with Gasteiger partial charge < -0.3 is 5.73 Å². The molecule has 0 amide bonds. The summed E-state index contributed by atoms with van der Waals surface area (Å²) in [4.78, 5) is 0. The highest BCUT2D eigenvalue weighted by Crippen LogP contribution is 2.17. The molecular formula is C6H12F2N2O2S. The van der Waals surface area contributed by atoms with Gasteiger partial charge in [0.05, 0.1) is 0 Å². The largest absolute Gasteiger partial charge is 0.350 e. The molecule has 4 nitrogen and oxygen atoms in total. The van der Waals surface area contributed by atoms with Crippen molar-refractivity contribution in [3.8, 4) is 0 Å². The van der Waals surface area contributed by atoms with Gasteiger partial charge in [-0.15, -0.1) is 0 Å². The van der Waals surface area contributed by atoms with Crippen molar-refractivity contribution in [3.05, 3.63) is 0 Å². The van der Waals surface area contributed by atoms with Crippen molar-refractivity contribution >= 4 is 10.0 Å². The van der Waals surface area contributed by atoms with Gasteiger partial charge in [0.2, 0.25) is 0 Å². The molecule has 0 aromatic carbocycles. The molecule has 1 heterocycles. The third-order valence-corrected chi connectivity index (χ3v) is 3.51. The van der Waals surface area contributed by atoms with Crippen molar-refractivity contribution < 1.29 is 17.2 Å². The quantitative estimate of drug-likeness (QED) is 0.701. The van der Waals surface area contributed by atoms with Crippen LogP contribution >= 0.6 is 0 Å². The van der Waals surface area contributed by atoms with Crippen LogP contribution in [0.5, 0.6) is 0 Å². The minimum atomic E-state index is -4.41. The van der Waals surface area contributed by atoms with Crippen LogP contribution in [0.4, 0.5) is 8.78 Å². The average Bonchev–Trinajstić information content (AvgIpc) is 2.04. The minimum Gasteiger partial charge on any atom is -0.327 e. The summed E-state index contributed by atoms with van der Waals surface area (Å²) in [5.74, 6) is -3.34. The van der Waals surface area contributed by atoms with Crippen LogP contribution in [-0.4, -0.2) is 37.6 Å². The summed E-state index contributed by atoms with van der Waals surface area (Å²) < 4.78 is 46.8. The molecule has 2 N–H and O–H groups in total. The van der Waals surface area contributed by atoms with Crippen LogP contribution in [0.15, 0.2) is 0 Å². The topological polar surface area (TPSA) is 63.4 Å². The van der Waals surface area contributed by atoms with Gasteiger partial charge in [-0.05, 0) is 12.8 Å². The monoisotopic (exact) mass is 214 g/mol. The van der Waals surface area contributed by atoms with Crippen molar-refractivity contribution in [1.29, 1.82) is 0 Å². The zero-order chi connectivity index (χ0) is 10.1. The first-order chi connectivity index (χ1) is 5.94. The number of rotatable bonds is 2. The molecule has 0 aromatic rings. The fourth-order valence-corrected chi connectivity index (χ4v) is 2.33. The van der Waals surface area contributed by atoms with Gasteiger partial charge in [0.1, 0.15) is 0 Å². The Balaban J connectivity index is 2.71. The lowest BCUT2D eigenvalue weighted by molar-refractivity contribution is 0.210. The molecule has 1 fully saturated rings. The summed E-state index contributed by atoms with van der Waals surface area (Å²) in [6.45, 7) is 0.160. The summed E-state index contributed by atoms with van der Waals surface area (Å²) in [6, 6.07) is -0.317. The van der Waals surface area contributed by atoms with Crippen LogP contribution in [0.2, 0.25) is 0 Å². The second kappa shape index (κ2) is 3.85. The third kappa shape index (κ3) is 2.35. The van der Waals surface area contributed by atoms with Crippen LogP contribution in [-0.2, 0) is 10.0 Å². The van der Waals surface area contributed by atoms with Gasteiger partial charge >= 0.3 is 5.76 Å². The smallest absolute Gasteiger partial charge is 0.327 e. The second-order valence-corrected chi connectivity index (χ2v) is 4.97. The summed E-state index contributed by atoms with van der Waals surface area (Å²) in [6.07, 6.45) is 1.24. The predicted octanol–water partition coefficient (Wildman–Crippen LogP) is -0.0381. The molecule has 1 aliphatic rings. The van der Waals surface area contributed by atoms with E-state index in [2.05, 4.69) is 0 Å². The molecule has 0 saturated carbocycles. The highest BCUT2D eigenvalue weighted by molar-refractivity contribution is 7.89. The maximum Gasteiger partial charge on any atom is 0.350 e. The first-order valence-corrected chi connectivity index (χ1v) is 5.47. The maximum absolute atomic E-state index is 12.1. The highest BCUT2D eigenvalue weighted by Gasteiger charge is 2.34. The van der Waals surface area contributed by atoms with Crippen LogP contribution in [0.3, 0.4) is 0 Å². The fraction of sp³-hybridized carbons (Fsp3) is 1.00. The van der Waals surface area contributed by atoms with Gasteiger partial charge in [-0.1, -0.05) is 0 Å². The maximum atomic E-state index is 12.1. The lowest BCUT2D eigenvalue weighted by atomic mass is 10.1. The van der Waals surface area contributed by atoms with Gasteiger partial charge in [-0.2, -0.15) is 13.1 Å². The van der Waals surface area contributed by atoms with Gasteiger partial charge in [0.25, 0.3) is 10.0 Å². The molecule has 0 aliphatic carbocycles. The molecule has 0 bridgehead atoms. The zero-order valence-electron chi connectivity index (χ0n) is 6.99. The van der Waals surface area contributed by atoms with Gasteiger partial charge in [0, 0.05) is 19.1 Å². The first kappa shape index (κ1) is 10.8. The molecular weight excluding hydrogens is 202 g/mol. The van der Waals surface area contributed by atoms with E-state index in [0.717, 1.165) is 4.31 Å². The molecule has 0 unspecified atom stereocenters. The van der Waals surface area contributed by atoms with Crippen molar-refractivity contribution in [1.82, 2.24) is 4.31 Å². The van der Waals surface area contributed by atoms with Gasteiger partial charge in [0.15, 0.2) is 0 Å². The fourth-order valence-electron chi connectivity index (χ4n) is 1.32. The van der Waals surface area contributed by atoms with Crippen molar-refractivity contribution in [2.45, 2.75) is 24.6 Å². The van der Waals surface area contributed by atoms with Crippen LogP contribution in [0, 0.1) is 0 Å². The molecule has 0 aromatic heterocycles. The van der Waals surface area contributed by atoms with E-state index in [1.807, 2.05) is 0 Å². The second-order valence-electron chi connectivity index (χ2n) is 3.07. The summed E-state index contributed by atoms with van der Waals surface area (Å²) in [7, 11) is -4.41. The number of nitrogens with two attached hydrogens (primary N) is 1. The van der Waals surface area contributed by atoms with Gasteiger partial charge in [-0.25, -0.2) is 8.42 Å². The Morgan fingerprint density at radius 3 is 2.54 bits per heavy atom. The Morgan fingerprint density at radius 1 is 1.46 bits per heavy atom. The zero-order valence-corrected chi connectivity index (χ0v) is 7.80. The van der Waals surface area contributed by atoms with E-state index >= 15 is 0 Å². The average molecular weight is 214 g/mol. The van der Waals surface area contributed by atoms with Crippen molar-refractivity contribution in [3.63, 3.8) is 0 Å². The highest BCUT2D eigenvalue weighted by atomic mass is 32.2. The molecule has 7 heteroatoms. The van der Waals surface area contributed by atoms with Crippen LogP contribution < -0.4 is 5.73 Å². The minimum absolute atomic E-state index is 0.00662. The molecule has 0 spiro atoms. The predicted molar refractivity (Wildman–Crippen MR) is 43.7 cm³/mol. The Bertz CT molecular complexity index is 268. The number of piperidine rings is 1. The van der Waals surface area contributed by atoms with E-state index in [9.17, 15) is 17.2 Å². The Morgan fingerprint density at radius 2 is 2.08 bits per heavy atom. The number of hydrogen-bond acceptors (Lipinski definition) is 3. The Hall–Kier alpha value is -0.270. The van der Waals surface area contributed by atoms with Crippen LogP contribution in [0.1, 0.15) is 12.8 Å². The molecule has 1 rings (SSSR count). The Labute approximate surface area is 75.7 Å². The molecule has 13 heavy (non-hydrogen) atoms. The van der Waals surface area contributed by atoms with Crippen molar-refractivity contribution in [2.75, 3.05) is 13.1 Å². The van der Waals surface area contributed by atoms with E-state index < -0.39 is 15.8 Å². The van der Waals surface area contributed by atoms with Crippen molar-refractivity contribution in [2.24, 2.45) is 5.73 Å². The standard InChI is InChI=1S/C6H12F2N2O2S/c7-6(8)13(11,12)10-3-1-2-5(9)4-10/h5-6H,1-4,9H2/t5-/m1/s1. The van der Waals surface area contributed by atoms with E-state index in [1.165, 1.54) is 0 Å². The molecule has 1 aliphatic heterocycles. The lowest BCUT2D eigenvalue weighted by Gasteiger charge is -2.29. The van der Waals surface area contributed by atoms with E-state index in [4.69, 9.17) is 5.73 Å². The number of hydrogen-bond donors (Lipinski definition) is 1. The first-order valence-electron chi connectivity index (χ1n) is 3.97. The number of halogens is 2. The normalized spacial score (nSPS) is 26.6. The number of sulfonamides is 1. The molecule has 0 radical (unpaired) electrons. The SMILES string of the molecule is N[C@@H]1CCCN(S(=O)(=O)C(F)F)C1.